The second-order valence-corrected chi connectivity index (χ2v) is 5.61. The van der Waals surface area contributed by atoms with Crippen molar-refractivity contribution in [1.29, 1.82) is 0 Å². The molecule has 0 amide bonds. The summed E-state index contributed by atoms with van der Waals surface area (Å²) < 4.78 is 0. The van der Waals surface area contributed by atoms with Gasteiger partial charge in [-0.25, -0.2) is 9.97 Å². The van der Waals surface area contributed by atoms with E-state index in [0.29, 0.717) is 12.0 Å². The van der Waals surface area contributed by atoms with Crippen molar-refractivity contribution in [3.05, 3.63) is 18.0 Å². The van der Waals surface area contributed by atoms with Gasteiger partial charge >= 0.3 is 0 Å². The number of anilines is 1. The van der Waals surface area contributed by atoms with Gasteiger partial charge in [0.1, 0.15) is 0 Å². The average molecular weight is 236 g/mol. The molecular weight excluding hydrogens is 212 g/mol. The summed E-state index contributed by atoms with van der Waals surface area (Å²) in [5.74, 6) is 0.712. The maximum atomic E-state index is 4.37. The molecule has 0 saturated heterocycles. The monoisotopic (exact) mass is 236 g/mol. The Hall–Kier alpha value is -1.16. The summed E-state index contributed by atoms with van der Waals surface area (Å²) in [7, 11) is 4.19. The summed E-state index contributed by atoms with van der Waals surface area (Å²) in [6, 6.07) is 2.22. The predicted octanol–water partition coefficient (Wildman–Crippen LogP) is 2.17. The van der Waals surface area contributed by atoms with E-state index in [-0.39, 0.29) is 5.41 Å². The third kappa shape index (κ3) is 4.30. The summed E-state index contributed by atoms with van der Waals surface area (Å²) >= 11 is 0. The highest BCUT2D eigenvalue weighted by Crippen LogP contribution is 2.23. The maximum absolute atomic E-state index is 4.37. The highest BCUT2D eigenvalue weighted by Gasteiger charge is 2.26. The Morgan fingerprint density at radius 3 is 2.59 bits per heavy atom. The topological polar surface area (TPSA) is 41.1 Å². The molecule has 0 aliphatic rings. The van der Waals surface area contributed by atoms with E-state index in [1.54, 1.807) is 6.20 Å². The van der Waals surface area contributed by atoms with Crippen LogP contribution in [-0.4, -0.2) is 41.5 Å². The molecule has 0 saturated carbocycles. The van der Waals surface area contributed by atoms with Gasteiger partial charge < -0.3 is 10.2 Å². The Morgan fingerprint density at radius 1 is 1.41 bits per heavy atom. The Labute approximate surface area is 104 Å². The molecule has 4 nitrogen and oxygen atoms in total. The van der Waals surface area contributed by atoms with E-state index in [0.717, 1.165) is 12.2 Å². The van der Waals surface area contributed by atoms with E-state index in [1.807, 2.05) is 13.0 Å². The lowest BCUT2D eigenvalue weighted by Gasteiger charge is -2.34. The first-order valence-corrected chi connectivity index (χ1v) is 6.02. The molecule has 1 heterocycles. The molecule has 1 aromatic rings. The summed E-state index contributed by atoms with van der Waals surface area (Å²) in [6.45, 7) is 9.67. The first kappa shape index (κ1) is 13.9. The second kappa shape index (κ2) is 5.45. The van der Waals surface area contributed by atoms with Crippen LogP contribution in [0.4, 0.5) is 5.95 Å². The van der Waals surface area contributed by atoms with Crippen LogP contribution in [-0.2, 0) is 0 Å². The van der Waals surface area contributed by atoms with Gasteiger partial charge in [-0.3, -0.25) is 0 Å². The fraction of sp³-hybridized carbons (Fsp3) is 0.692. The van der Waals surface area contributed by atoms with Crippen molar-refractivity contribution in [2.24, 2.45) is 5.41 Å². The van der Waals surface area contributed by atoms with Crippen molar-refractivity contribution in [2.75, 3.05) is 26.0 Å². The Morgan fingerprint density at radius 2 is 2.06 bits per heavy atom. The van der Waals surface area contributed by atoms with Crippen LogP contribution >= 0.6 is 0 Å². The molecule has 0 aromatic carbocycles. The lowest BCUT2D eigenvalue weighted by Crippen LogP contribution is -2.41. The zero-order valence-electron chi connectivity index (χ0n) is 11.8. The average Bonchev–Trinajstić information content (AvgIpc) is 2.15. The minimum absolute atomic E-state index is 0.163. The number of aryl methyl sites for hydroxylation is 1. The van der Waals surface area contributed by atoms with Crippen molar-refractivity contribution in [3.63, 3.8) is 0 Å². The molecule has 0 aliphatic carbocycles. The van der Waals surface area contributed by atoms with Crippen molar-refractivity contribution < 1.29 is 0 Å². The molecule has 0 spiro atoms. The van der Waals surface area contributed by atoms with Crippen LogP contribution < -0.4 is 5.32 Å². The maximum Gasteiger partial charge on any atom is 0.223 e. The molecule has 17 heavy (non-hydrogen) atoms. The van der Waals surface area contributed by atoms with Crippen LogP contribution in [0.5, 0.6) is 0 Å². The normalized spacial score (nSPS) is 13.8. The molecule has 96 valence electrons. The summed E-state index contributed by atoms with van der Waals surface area (Å²) in [5.41, 5.74) is 1.15. The quantitative estimate of drug-likeness (QED) is 0.850. The molecule has 1 N–H and O–H groups in total. The van der Waals surface area contributed by atoms with E-state index >= 15 is 0 Å². The highest BCUT2D eigenvalue weighted by atomic mass is 15.1. The Bertz CT molecular complexity index is 360. The largest absolute Gasteiger partial charge is 0.351 e. The third-order valence-electron chi connectivity index (χ3n) is 3.04. The molecule has 0 fully saturated rings. The van der Waals surface area contributed by atoms with Gasteiger partial charge in [-0.15, -0.1) is 0 Å². The second-order valence-electron chi connectivity index (χ2n) is 5.61. The SMILES string of the molecule is Cc1ccnc(NC(C)C(C)(C)CN(C)C)n1. The van der Waals surface area contributed by atoms with E-state index in [2.05, 4.69) is 55.1 Å². The fourth-order valence-corrected chi connectivity index (χ4v) is 1.86. The standard InChI is InChI=1S/C13H24N4/c1-10-7-8-14-12(15-10)16-11(2)13(3,4)9-17(5)6/h7-8,11H,9H2,1-6H3,(H,14,15,16). The van der Waals surface area contributed by atoms with Crippen molar-refractivity contribution in [1.82, 2.24) is 14.9 Å². The molecule has 0 bridgehead atoms. The van der Waals surface area contributed by atoms with Gasteiger partial charge in [0.25, 0.3) is 0 Å². The first-order chi connectivity index (χ1) is 7.81. The van der Waals surface area contributed by atoms with E-state index in [1.165, 1.54) is 0 Å². The smallest absolute Gasteiger partial charge is 0.223 e. The fourth-order valence-electron chi connectivity index (χ4n) is 1.86. The first-order valence-electron chi connectivity index (χ1n) is 6.02. The molecule has 0 aliphatic heterocycles. The van der Waals surface area contributed by atoms with E-state index in [9.17, 15) is 0 Å². The number of hydrogen-bond acceptors (Lipinski definition) is 4. The van der Waals surface area contributed by atoms with E-state index in [4.69, 9.17) is 0 Å². The van der Waals surface area contributed by atoms with Crippen LogP contribution in [0.3, 0.4) is 0 Å². The molecule has 0 radical (unpaired) electrons. The lowest BCUT2D eigenvalue weighted by atomic mass is 9.85. The number of aromatic nitrogens is 2. The molecule has 1 unspecified atom stereocenters. The van der Waals surface area contributed by atoms with Crippen molar-refractivity contribution in [2.45, 2.75) is 33.7 Å². The number of nitrogens with one attached hydrogen (secondary N) is 1. The third-order valence-corrected chi connectivity index (χ3v) is 3.04. The van der Waals surface area contributed by atoms with Crippen LogP contribution in [0.2, 0.25) is 0 Å². The highest BCUT2D eigenvalue weighted by molar-refractivity contribution is 5.27. The van der Waals surface area contributed by atoms with Gasteiger partial charge in [0.2, 0.25) is 5.95 Å². The zero-order chi connectivity index (χ0) is 13.1. The zero-order valence-corrected chi connectivity index (χ0v) is 11.8. The minimum Gasteiger partial charge on any atom is -0.351 e. The molecule has 1 atom stereocenters. The lowest BCUT2D eigenvalue weighted by molar-refractivity contribution is 0.216. The number of nitrogens with zero attached hydrogens (tertiary/aromatic N) is 3. The van der Waals surface area contributed by atoms with Gasteiger partial charge in [-0.1, -0.05) is 13.8 Å². The van der Waals surface area contributed by atoms with Gasteiger partial charge in [-0.2, -0.15) is 0 Å². The van der Waals surface area contributed by atoms with Gasteiger partial charge in [-0.05, 0) is 39.4 Å². The van der Waals surface area contributed by atoms with Crippen LogP contribution in [0.15, 0.2) is 12.3 Å². The van der Waals surface area contributed by atoms with Crippen molar-refractivity contribution in [3.8, 4) is 0 Å². The van der Waals surface area contributed by atoms with Gasteiger partial charge in [0.05, 0.1) is 0 Å². The number of hydrogen-bond donors (Lipinski definition) is 1. The van der Waals surface area contributed by atoms with Crippen LogP contribution in [0, 0.1) is 12.3 Å². The summed E-state index contributed by atoms with van der Waals surface area (Å²) in [6.07, 6.45) is 1.79. The minimum atomic E-state index is 0.163. The molecule has 4 heteroatoms. The van der Waals surface area contributed by atoms with Gasteiger partial charge in [0.15, 0.2) is 0 Å². The van der Waals surface area contributed by atoms with E-state index < -0.39 is 0 Å². The molecule has 1 rings (SSSR count). The predicted molar refractivity (Wildman–Crippen MR) is 72.2 cm³/mol. The number of rotatable bonds is 5. The van der Waals surface area contributed by atoms with Crippen molar-refractivity contribution >= 4 is 5.95 Å². The molecule has 1 aromatic heterocycles. The van der Waals surface area contributed by atoms with Crippen LogP contribution in [0.25, 0.3) is 0 Å². The summed E-state index contributed by atoms with van der Waals surface area (Å²) in [5, 5.41) is 3.38. The summed E-state index contributed by atoms with van der Waals surface area (Å²) in [4.78, 5) is 10.8. The molecular formula is C13H24N4. The van der Waals surface area contributed by atoms with Gasteiger partial charge in [0, 0.05) is 24.5 Å². The van der Waals surface area contributed by atoms with Crippen LogP contribution in [0.1, 0.15) is 26.5 Å². The Kier molecular flexibility index (Phi) is 4.46. The Balaban J connectivity index is 2.68.